The summed E-state index contributed by atoms with van der Waals surface area (Å²) in [6.07, 6.45) is -0.245. The molecule has 2 N–H and O–H groups in total. The summed E-state index contributed by atoms with van der Waals surface area (Å²) >= 11 is 0. The van der Waals surface area contributed by atoms with E-state index < -0.39 is 22.9 Å². The van der Waals surface area contributed by atoms with Crippen molar-refractivity contribution in [3.8, 4) is 0 Å². The Hall–Kier alpha value is -3.17. The Morgan fingerprint density at radius 3 is 2.50 bits per heavy atom. The highest BCUT2D eigenvalue weighted by molar-refractivity contribution is 5.96. The molecule has 10 nitrogen and oxygen atoms in total. The SMILES string of the molecule is COC(=O)c1cc(NC(=O)N(C)CCC(=O)O)c(C)c([N+](=O)[O-])c1. The van der Waals surface area contributed by atoms with Crippen molar-refractivity contribution in [2.45, 2.75) is 13.3 Å². The Bertz CT molecular complexity index is 687. The average Bonchev–Trinajstić information content (AvgIpc) is 2.52. The Balaban J connectivity index is 3.11. The first-order valence-electron chi connectivity index (χ1n) is 6.78. The molecular formula is C14H17N3O7. The van der Waals surface area contributed by atoms with E-state index in [0.29, 0.717) is 0 Å². The highest BCUT2D eigenvalue weighted by atomic mass is 16.6. The van der Waals surface area contributed by atoms with Crippen molar-refractivity contribution >= 4 is 29.3 Å². The number of carbonyl (C=O) groups is 3. The highest BCUT2D eigenvalue weighted by Crippen LogP contribution is 2.28. The normalized spacial score (nSPS) is 9.96. The maximum atomic E-state index is 12.0. The third-order valence-electron chi connectivity index (χ3n) is 3.25. The lowest BCUT2D eigenvalue weighted by molar-refractivity contribution is -0.385. The number of esters is 1. The number of nitro groups is 1. The van der Waals surface area contributed by atoms with Crippen LogP contribution in [0.2, 0.25) is 0 Å². The van der Waals surface area contributed by atoms with Crippen LogP contribution in [0.15, 0.2) is 12.1 Å². The van der Waals surface area contributed by atoms with Gasteiger partial charge in [0, 0.05) is 19.7 Å². The summed E-state index contributed by atoms with van der Waals surface area (Å²) in [6.45, 7) is 1.38. The zero-order valence-electron chi connectivity index (χ0n) is 13.4. The number of anilines is 1. The number of carboxylic acid groups (broad SMARTS) is 1. The number of carbonyl (C=O) groups excluding carboxylic acids is 2. The number of nitro benzene ring substituents is 1. The second-order valence-corrected chi connectivity index (χ2v) is 4.91. The van der Waals surface area contributed by atoms with Gasteiger partial charge in [-0.15, -0.1) is 0 Å². The third-order valence-corrected chi connectivity index (χ3v) is 3.25. The van der Waals surface area contributed by atoms with Gasteiger partial charge in [0.25, 0.3) is 5.69 Å². The summed E-state index contributed by atoms with van der Waals surface area (Å²) in [4.78, 5) is 45.7. The van der Waals surface area contributed by atoms with Gasteiger partial charge in [0.15, 0.2) is 0 Å². The van der Waals surface area contributed by atoms with Crippen molar-refractivity contribution in [1.82, 2.24) is 4.90 Å². The molecule has 1 rings (SSSR count). The summed E-state index contributed by atoms with van der Waals surface area (Å²) in [5, 5.41) is 22.1. The van der Waals surface area contributed by atoms with Crippen LogP contribution in [0.5, 0.6) is 0 Å². The molecule has 0 fully saturated rings. The van der Waals surface area contributed by atoms with Gasteiger partial charge in [-0.05, 0) is 13.0 Å². The highest BCUT2D eigenvalue weighted by Gasteiger charge is 2.21. The van der Waals surface area contributed by atoms with Gasteiger partial charge in [-0.2, -0.15) is 0 Å². The van der Waals surface area contributed by atoms with Gasteiger partial charge in [0.05, 0.1) is 35.3 Å². The van der Waals surface area contributed by atoms with Crippen LogP contribution in [0.4, 0.5) is 16.2 Å². The molecule has 0 unspecified atom stereocenters. The number of rotatable bonds is 6. The predicted octanol–water partition coefficient (Wildman–Crippen LogP) is 1.63. The molecule has 0 heterocycles. The van der Waals surface area contributed by atoms with E-state index >= 15 is 0 Å². The molecule has 10 heteroatoms. The number of ether oxygens (including phenoxy) is 1. The van der Waals surface area contributed by atoms with Crippen LogP contribution in [0.25, 0.3) is 0 Å². The van der Waals surface area contributed by atoms with Gasteiger partial charge >= 0.3 is 18.0 Å². The summed E-state index contributed by atoms with van der Waals surface area (Å²) in [5.74, 6) is -1.85. The Labute approximate surface area is 137 Å². The minimum atomic E-state index is -1.06. The Morgan fingerprint density at radius 2 is 2.00 bits per heavy atom. The van der Waals surface area contributed by atoms with Gasteiger partial charge in [0.1, 0.15) is 0 Å². The van der Waals surface area contributed by atoms with Crippen molar-refractivity contribution < 1.29 is 29.2 Å². The van der Waals surface area contributed by atoms with Crippen LogP contribution >= 0.6 is 0 Å². The van der Waals surface area contributed by atoms with Crippen LogP contribution in [0.3, 0.4) is 0 Å². The van der Waals surface area contributed by atoms with Crippen LogP contribution in [0.1, 0.15) is 22.3 Å². The molecule has 130 valence electrons. The number of nitrogens with one attached hydrogen (secondary N) is 1. The molecule has 0 aromatic heterocycles. The molecule has 0 spiro atoms. The number of amides is 2. The minimum Gasteiger partial charge on any atom is -0.481 e. The van der Waals surface area contributed by atoms with E-state index in [1.165, 1.54) is 20.0 Å². The number of carboxylic acids is 1. The Kier molecular flexibility index (Phi) is 6.22. The lowest BCUT2D eigenvalue weighted by Gasteiger charge is -2.18. The van der Waals surface area contributed by atoms with Gasteiger partial charge in [-0.25, -0.2) is 9.59 Å². The minimum absolute atomic E-state index is 0.0427. The number of methoxy groups -OCH3 is 1. The molecule has 0 saturated carbocycles. The monoisotopic (exact) mass is 339 g/mol. The van der Waals surface area contributed by atoms with Crippen molar-refractivity contribution in [3.63, 3.8) is 0 Å². The standard InChI is InChI=1S/C14H17N3O7/c1-8-10(15-14(21)16(2)5-4-12(18)19)6-9(13(20)24-3)7-11(8)17(22)23/h6-7H,4-5H2,1-3H3,(H,15,21)(H,18,19). The molecule has 0 saturated heterocycles. The second kappa shape index (κ2) is 7.90. The number of nitrogens with zero attached hydrogens (tertiary/aromatic N) is 2. The quantitative estimate of drug-likeness (QED) is 0.456. The van der Waals surface area contributed by atoms with Crippen LogP contribution in [-0.2, 0) is 9.53 Å². The number of aliphatic carboxylic acids is 1. The molecule has 2 amide bonds. The number of hydrogen-bond acceptors (Lipinski definition) is 6. The second-order valence-electron chi connectivity index (χ2n) is 4.91. The molecule has 0 radical (unpaired) electrons. The third kappa shape index (κ3) is 4.66. The van der Waals surface area contributed by atoms with Crippen LogP contribution < -0.4 is 5.32 Å². The van der Waals surface area contributed by atoms with E-state index in [1.807, 2.05) is 0 Å². The van der Waals surface area contributed by atoms with E-state index in [0.717, 1.165) is 18.1 Å². The lowest BCUT2D eigenvalue weighted by atomic mass is 10.1. The van der Waals surface area contributed by atoms with Crippen molar-refractivity contribution in [1.29, 1.82) is 0 Å². The van der Waals surface area contributed by atoms with Crippen LogP contribution in [-0.4, -0.2) is 53.6 Å². The maximum Gasteiger partial charge on any atom is 0.338 e. The van der Waals surface area contributed by atoms with Crippen molar-refractivity contribution in [2.75, 3.05) is 26.0 Å². The molecule has 0 aliphatic heterocycles. The Morgan fingerprint density at radius 1 is 1.38 bits per heavy atom. The zero-order valence-corrected chi connectivity index (χ0v) is 13.4. The number of benzene rings is 1. The molecular weight excluding hydrogens is 322 g/mol. The number of hydrogen-bond donors (Lipinski definition) is 2. The summed E-state index contributed by atoms with van der Waals surface area (Å²) in [7, 11) is 2.51. The van der Waals surface area contributed by atoms with Gasteiger partial charge < -0.3 is 20.1 Å². The van der Waals surface area contributed by atoms with E-state index in [9.17, 15) is 24.5 Å². The zero-order chi connectivity index (χ0) is 18.4. The summed E-state index contributed by atoms with van der Waals surface area (Å²) in [5.41, 5.74) is -0.205. The molecule has 0 atom stereocenters. The first-order chi connectivity index (χ1) is 11.2. The van der Waals surface area contributed by atoms with E-state index in [2.05, 4.69) is 10.1 Å². The molecule has 0 bridgehead atoms. The van der Waals surface area contributed by atoms with Gasteiger partial charge in [-0.3, -0.25) is 14.9 Å². The van der Waals surface area contributed by atoms with E-state index in [4.69, 9.17) is 5.11 Å². The number of urea groups is 1. The molecule has 24 heavy (non-hydrogen) atoms. The topological polar surface area (TPSA) is 139 Å². The first kappa shape index (κ1) is 18.9. The molecule has 1 aromatic rings. The smallest absolute Gasteiger partial charge is 0.338 e. The molecule has 0 aliphatic carbocycles. The fourth-order valence-corrected chi connectivity index (χ4v) is 1.83. The maximum absolute atomic E-state index is 12.0. The first-order valence-corrected chi connectivity index (χ1v) is 6.78. The van der Waals surface area contributed by atoms with Crippen LogP contribution in [0, 0.1) is 17.0 Å². The molecule has 0 aliphatic rings. The largest absolute Gasteiger partial charge is 0.481 e. The molecule has 1 aromatic carbocycles. The van der Waals surface area contributed by atoms with Gasteiger partial charge in [-0.1, -0.05) is 0 Å². The fourth-order valence-electron chi connectivity index (χ4n) is 1.83. The predicted molar refractivity (Wildman–Crippen MR) is 83.1 cm³/mol. The average molecular weight is 339 g/mol. The summed E-state index contributed by atoms with van der Waals surface area (Å²) < 4.78 is 4.53. The van der Waals surface area contributed by atoms with E-state index in [1.54, 1.807) is 0 Å². The van der Waals surface area contributed by atoms with Crippen molar-refractivity contribution in [2.24, 2.45) is 0 Å². The van der Waals surface area contributed by atoms with E-state index in [-0.39, 0.29) is 35.5 Å². The van der Waals surface area contributed by atoms with Gasteiger partial charge in [0.2, 0.25) is 0 Å². The summed E-state index contributed by atoms with van der Waals surface area (Å²) in [6, 6.07) is 1.66. The fraction of sp³-hybridized carbons (Fsp3) is 0.357. The lowest BCUT2D eigenvalue weighted by Crippen LogP contribution is -2.33. The van der Waals surface area contributed by atoms with Crippen molar-refractivity contribution in [3.05, 3.63) is 33.4 Å².